The normalized spacial score (nSPS) is 14.7. The van der Waals surface area contributed by atoms with Crippen molar-refractivity contribution < 1.29 is 41.4 Å². The van der Waals surface area contributed by atoms with E-state index in [4.69, 9.17) is 20.4 Å². The first-order valence-corrected chi connectivity index (χ1v) is 10.6. The molecule has 1 aliphatic rings. The van der Waals surface area contributed by atoms with Crippen molar-refractivity contribution in [1.29, 1.82) is 0 Å². The molecule has 11 heteroatoms. The number of nitrogens with two attached hydrogens (primary N) is 1. The molecule has 0 saturated carbocycles. The minimum Gasteiger partial charge on any atom is -0.486 e. The lowest BCUT2D eigenvalue weighted by Gasteiger charge is -2.32. The molecule has 0 atom stereocenters. The summed E-state index contributed by atoms with van der Waals surface area (Å²) in [6.45, 7) is 1.14. The Bertz CT molecular complexity index is 1020. The molecule has 1 saturated heterocycles. The van der Waals surface area contributed by atoms with Crippen LogP contribution in [0.2, 0.25) is 0 Å². The number of halogens is 5. The van der Waals surface area contributed by atoms with Gasteiger partial charge in [-0.15, -0.1) is 0 Å². The molecular formula is C24H25F5N2O4. The van der Waals surface area contributed by atoms with Crippen LogP contribution in [0, 0.1) is 5.82 Å². The molecule has 6 nitrogen and oxygen atoms in total. The van der Waals surface area contributed by atoms with Crippen LogP contribution in [-0.2, 0) is 4.79 Å². The first-order valence-electron chi connectivity index (χ1n) is 10.6. The van der Waals surface area contributed by atoms with Gasteiger partial charge >= 0.3 is 12.1 Å². The third-order valence-electron chi connectivity index (χ3n) is 5.30. The van der Waals surface area contributed by atoms with Crippen LogP contribution in [0.1, 0.15) is 34.7 Å². The van der Waals surface area contributed by atoms with Crippen LogP contribution in [0.25, 0.3) is 0 Å². The van der Waals surface area contributed by atoms with Crippen molar-refractivity contribution in [2.24, 2.45) is 5.73 Å². The maximum absolute atomic E-state index is 14.3. The van der Waals surface area contributed by atoms with Gasteiger partial charge in [0.25, 0.3) is 5.91 Å². The third-order valence-corrected chi connectivity index (χ3v) is 5.30. The first-order chi connectivity index (χ1) is 16.6. The van der Waals surface area contributed by atoms with E-state index in [-0.39, 0.29) is 35.9 Å². The summed E-state index contributed by atoms with van der Waals surface area (Å²) in [6, 6.07) is 14.4. The monoisotopic (exact) mass is 500 g/mol. The van der Waals surface area contributed by atoms with Gasteiger partial charge in [-0.2, -0.15) is 13.2 Å². The van der Waals surface area contributed by atoms with E-state index >= 15 is 0 Å². The molecule has 3 N–H and O–H groups in total. The number of alkyl halides is 3. The van der Waals surface area contributed by atoms with Crippen LogP contribution in [-0.4, -0.2) is 54.3 Å². The summed E-state index contributed by atoms with van der Waals surface area (Å²) >= 11 is 0. The van der Waals surface area contributed by atoms with Crippen LogP contribution in [0.4, 0.5) is 22.0 Å². The summed E-state index contributed by atoms with van der Waals surface area (Å²) in [4.78, 5) is 23.4. The fourth-order valence-corrected chi connectivity index (χ4v) is 3.38. The van der Waals surface area contributed by atoms with E-state index < -0.39 is 18.0 Å². The number of nitrogens with zero attached hydrogens (tertiary/aromatic N) is 1. The Labute approximate surface area is 198 Å². The predicted octanol–water partition coefficient (Wildman–Crippen LogP) is 4.67. The molecule has 35 heavy (non-hydrogen) atoms. The zero-order chi connectivity index (χ0) is 26.0. The molecule has 1 amide bonds. The van der Waals surface area contributed by atoms with Crippen molar-refractivity contribution in [2.75, 3.05) is 26.2 Å². The molecule has 2 aromatic carbocycles. The van der Waals surface area contributed by atoms with Gasteiger partial charge in [-0.1, -0.05) is 30.3 Å². The summed E-state index contributed by atoms with van der Waals surface area (Å²) in [6.07, 6.45) is -2.96. The number of hydrogen-bond donors (Lipinski definition) is 2. The largest absolute Gasteiger partial charge is 0.490 e. The highest BCUT2D eigenvalue weighted by molar-refractivity contribution is 5.94. The Hall–Kier alpha value is -3.47. The maximum Gasteiger partial charge on any atom is 0.490 e. The summed E-state index contributed by atoms with van der Waals surface area (Å²) < 4.78 is 63.8. The van der Waals surface area contributed by atoms with Gasteiger partial charge in [-0.05, 0) is 42.5 Å². The Morgan fingerprint density at radius 1 is 1.11 bits per heavy atom. The SMILES string of the molecule is NC/C(=C\F)COc1ccc(C(=O)N2CCC(c3ccccc3)CC2)cc1F.O=C(O)C(F)(F)F. The predicted molar refractivity (Wildman–Crippen MR) is 118 cm³/mol. The van der Waals surface area contributed by atoms with Crippen molar-refractivity contribution in [1.82, 2.24) is 4.90 Å². The molecule has 2 aromatic rings. The van der Waals surface area contributed by atoms with Gasteiger partial charge in [0, 0.05) is 30.8 Å². The molecule has 0 bridgehead atoms. The van der Waals surface area contributed by atoms with Crippen LogP contribution >= 0.6 is 0 Å². The van der Waals surface area contributed by atoms with E-state index in [0.717, 1.165) is 12.8 Å². The van der Waals surface area contributed by atoms with E-state index in [0.29, 0.717) is 25.3 Å². The summed E-state index contributed by atoms with van der Waals surface area (Å²) in [5, 5.41) is 7.12. The Balaban J connectivity index is 0.000000540. The number of hydrogen-bond acceptors (Lipinski definition) is 4. The van der Waals surface area contributed by atoms with E-state index in [1.807, 2.05) is 18.2 Å². The van der Waals surface area contributed by atoms with Crippen molar-refractivity contribution in [3.05, 3.63) is 77.4 Å². The van der Waals surface area contributed by atoms with E-state index in [1.54, 1.807) is 4.90 Å². The number of amides is 1. The highest BCUT2D eigenvalue weighted by atomic mass is 19.4. The van der Waals surface area contributed by atoms with Gasteiger partial charge in [0.1, 0.15) is 6.61 Å². The van der Waals surface area contributed by atoms with E-state index in [9.17, 15) is 26.7 Å². The van der Waals surface area contributed by atoms with Gasteiger partial charge in [-0.3, -0.25) is 4.79 Å². The van der Waals surface area contributed by atoms with Gasteiger partial charge < -0.3 is 20.5 Å². The number of aliphatic carboxylic acids is 1. The van der Waals surface area contributed by atoms with Crippen LogP contribution < -0.4 is 10.5 Å². The lowest BCUT2D eigenvalue weighted by molar-refractivity contribution is -0.192. The number of piperidine rings is 1. The average molecular weight is 500 g/mol. The molecule has 1 fully saturated rings. The molecule has 190 valence electrons. The second-order valence-electron chi connectivity index (χ2n) is 7.69. The minimum absolute atomic E-state index is 0.00633. The summed E-state index contributed by atoms with van der Waals surface area (Å²) in [5.41, 5.74) is 7.14. The molecule has 0 aliphatic carbocycles. The molecule has 0 unspecified atom stereocenters. The fraction of sp³-hybridized carbons (Fsp3) is 0.333. The number of carboxylic acid groups (broad SMARTS) is 1. The number of carbonyl (C=O) groups is 2. The number of likely N-dealkylation sites (tertiary alicyclic amines) is 1. The molecule has 3 rings (SSSR count). The number of ether oxygens (including phenoxy) is 1. The second-order valence-corrected chi connectivity index (χ2v) is 7.69. The molecule has 1 heterocycles. The first kappa shape index (κ1) is 27.8. The lowest BCUT2D eigenvalue weighted by atomic mass is 9.89. The standard InChI is InChI=1S/C22H24F2N2O2.C2HF3O2/c23-13-16(14-25)15-28-21-7-6-19(12-20(21)24)22(27)26-10-8-18(9-11-26)17-4-2-1-3-5-17;3-2(4,5)1(6)7/h1-7,12-13,18H,8-11,14-15,25H2;(H,6,7)/b16-13+;. The van der Waals surface area contributed by atoms with Gasteiger partial charge in [-0.25, -0.2) is 13.6 Å². The number of carbonyl (C=O) groups excluding carboxylic acids is 1. The van der Waals surface area contributed by atoms with Crippen molar-refractivity contribution in [3.8, 4) is 5.75 Å². The van der Waals surface area contributed by atoms with Gasteiger partial charge in [0.2, 0.25) is 0 Å². The number of rotatable bonds is 6. The van der Waals surface area contributed by atoms with E-state index in [2.05, 4.69) is 12.1 Å². The van der Waals surface area contributed by atoms with Crippen molar-refractivity contribution in [2.45, 2.75) is 24.9 Å². The summed E-state index contributed by atoms with van der Waals surface area (Å²) in [7, 11) is 0. The quantitative estimate of drug-likeness (QED) is 0.563. The maximum atomic E-state index is 14.3. The third kappa shape index (κ3) is 8.36. The zero-order valence-corrected chi connectivity index (χ0v) is 18.6. The van der Waals surface area contributed by atoms with Crippen molar-refractivity contribution >= 4 is 11.9 Å². The van der Waals surface area contributed by atoms with E-state index in [1.165, 1.54) is 23.8 Å². The van der Waals surface area contributed by atoms with Gasteiger partial charge in [0.05, 0.1) is 6.33 Å². The highest BCUT2D eigenvalue weighted by Gasteiger charge is 2.38. The Kier molecular flexibility index (Phi) is 10.2. The molecule has 0 spiro atoms. The molecule has 0 aromatic heterocycles. The zero-order valence-electron chi connectivity index (χ0n) is 18.6. The second kappa shape index (κ2) is 12.8. The number of carboxylic acids is 1. The average Bonchev–Trinajstić information content (AvgIpc) is 2.85. The van der Waals surface area contributed by atoms with Crippen LogP contribution in [0.3, 0.4) is 0 Å². The van der Waals surface area contributed by atoms with Crippen molar-refractivity contribution in [3.63, 3.8) is 0 Å². The summed E-state index contributed by atoms with van der Waals surface area (Å²) in [5.74, 6) is -3.19. The molecule has 1 aliphatic heterocycles. The Morgan fingerprint density at radius 2 is 1.71 bits per heavy atom. The lowest BCUT2D eigenvalue weighted by Crippen LogP contribution is -2.37. The van der Waals surface area contributed by atoms with Gasteiger partial charge in [0.15, 0.2) is 11.6 Å². The molecular weight excluding hydrogens is 475 g/mol. The Morgan fingerprint density at radius 3 is 2.20 bits per heavy atom. The fourth-order valence-electron chi connectivity index (χ4n) is 3.38. The minimum atomic E-state index is -5.08. The van der Waals surface area contributed by atoms with Crippen LogP contribution in [0.5, 0.6) is 5.75 Å². The smallest absolute Gasteiger partial charge is 0.486 e. The number of benzene rings is 2. The van der Waals surface area contributed by atoms with Crippen LogP contribution in [0.15, 0.2) is 60.4 Å². The highest BCUT2D eigenvalue weighted by Crippen LogP contribution is 2.29. The molecule has 0 radical (unpaired) electrons. The topological polar surface area (TPSA) is 92.9 Å².